The number of nitrogens with one attached hydrogen (secondary N) is 1. The maximum Gasteiger partial charge on any atom is 0.151 e. The molecular weight excluding hydrogens is 236 g/mol. The van der Waals surface area contributed by atoms with E-state index in [4.69, 9.17) is 0 Å². The molecule has 1 aromatic carbocycles. The van der Waals surface area contributed by atoms with Gasteiger partial charge >= 0.3 is 0 Å². The second kappa shape index (κ2) is 6.29. The molecule has 1 heterocycles. The van der Waals surface area contributed by atoms with Crippen LogP contribution in [0.5, 0.6) is 0 Å². The molecule has 2 aromatic rings. The molecule has 0 aliphatic carbocycles. The Kier molecular flexibility index (Phi) is 4.47. The molecule has 2 rings (SSSR count). The van der Waals surface area contributed by atoms with Gasteiger partial charge in [0.2, 0.25) is 0 Å². The predicted octanol–water partition coefficient (Wildman–Crippen LogP) is 2.53. The van der Waals surface area contributed by atoms with E-state index >= 15 is 0 Å². The van der Waals surface area contributed by atoms with Crippen molar-refractivity contribution in [3.05, 3.63) is 47.9 Å². The van der Waals surface area contributed by atoms with Gasteiger partial charge in [0.25, 0.3) is 0 Å². The van der Waals surface area contributed by atoms with Gasteiger partial charge in [-0.2, -0.15) is 0 Å². The van der Waals surface area contributed by atoms with E-state index in [0.717, 1.165) is 30.2 Å². The molecule has 0 aliphatic heterocycles. The third-order valence-corrected chi connectivity index (χ3v) is 3.11. The van der Waals surface area contributed by atoms with Crippen molar-refractivity contribution in [3.63, 3.8) is 0 Å². The Hall–Kier alpha value is -1.94. The highest BCUT2D eigenvalue weighted by molar-refractivity contribution is 5.58. The van der Waals surface area contributed by atoms with Crippen molar-refractivity contribution < 1.29 is 0 Å². The van der Waals surface area contributed by atoms with Gasteiger partial charge in [-0.3, -0.25) is 4.98 Å². The average molecular weight is 256 g/mol. The fourth-order valence-corrected chi connectivity index (χ4v) is 1.91. The van der Waals surface area contributed by atoms with E-state index in [-0.39, 0.29) is 0 Å². The third kappa shape index (κ3) is 3.29. The van der Waals surface area contributed by atoms with Crippen molar-refractivity contribution in [3.8, 4) is 0 Å². The first-order chi connectivity index (χ1) is 9.24. The molecular formula is C15H20N4. The molecule has 19 heavy (non-hydrogen) atoms. The minimum atomic E-state index is 0.726. The lowest BCUT2D eigenvalue weighted by atomic mass is 10.1. The summed E-state index contributed by atoms with van der Waals surface area (Å²) in [4.78, 5) is 10.9. The first kappa shape index (κ1) is 13.5. The highest BCUT2D eigenvalue weighted by Crippen LogP contribution is 2.21. The Morgan fingerprint density at radius 3 is 2.53 bits per heavy atom. The Morgan fingerprint density at radius 2 is 1.89 bits per heavy atom. The standard InChI is InChI=1S/C15H20N4/c1-4-12-5-7-14(8-6-12)19(3)15-11-17-10-13(18-15)9-16-2/h5-8,10-11,16H,4,9H2,1-3H3. The van der Waals surface area contributed by atoms with E-state index < -0.39 is 0 Å². The van der Waals surface area contributed by atoms with Gasteiger partial charge in [0.1, 0.15) is 0 Å². The SMILES string of the molecule is CCc1ccc(N(C)c2cncc(CNC)n2)cc1. The second-order valence-electron chi connectivity index (χ2n) is 4.48. The first-order valence-corrected chi connectivity index (χ1v) is 6.52. The van der Waals surface area contributed by atoms with Gasteiger partial charge in [0.05, 0.1) is 11.9 Å². The monoisotopic (exact) mass is 256 g/mol. The lowest BCUT2D eigenvalue weighted by Gasteiger charge is -2.18. The molecule has 4 heteroatoms. The van der Waals surface area contributed by atoms with Crippen LogP contribution in [0.15, 0.2) is 36.7 Å². The number of hydrogen-bond acceptors (Lipinski definition) is 4. The summed E-state index contributed by atoms with van der Waals surface area (Å²) >= 11 is 0. The number of hydrogen-bond donors (Lipinski definition) is 1. The molecule has 1 aromatic heterocycles. The van der Waals surface area contributed by atoms with Crippen molar-refractivity contribution in [2.24, 2.45) is 0 Å². The van der Waals surface area contributed by atoms with Crippen molar-refractivity contribution in [1.82, 2.24) is 15.3 Å². The Bertz CT molecular complexity index is 522. The number of anilines is 2. The Balaban J connectivity index is 2.22. The summed E-state index contributed by atoms with van der Waals surface area (Å²) in [5, 5.41) is 3.08. The van der Waals surface area contributed by atoms with Crippen molar-refractivity contribution in [1.29, 1.82) is 0 Å². The molecule has 0 saturated heterocycles. The van der Waals surface area contributed by atoms with Crippen LogP contribution < -0.4 is 10.2 Å². The zero-order valence-corrected chi connectivity index (χ0v) is 11.7. The molecule has 0 saturated carbocycles. The van der Waals surface area contributed by atoms with Gasteiger partial charge in [-0.1, -0.05) is 19.1 Å². The zero-order chi connectivity index (χ0) is 13.7. The summed E-state index contributed by atoms with van der Waals surface area (Å²) in [7, 11) is 3.91. The number of nitrogens with zero attached hydrogens (tertiary/aromatic N) is 3. The normalized spacial score (nSPS) is 10.5. The van der Waals surface area contributed by atoms with E-state index in [1.165, 1.54) is 5.56 Å². The van der Waals surface area contributed by atoms with E-state index in [1.807, 2.05) is 19.0 Å². The van der Waals surface area contributed by atoms with E-state index in [2.05, 4.69) is 46.5 Å². The van der Waals surface area contributed by atoms with Crippen molar-refractivity contribution in [2.45, 2.75) is 19.9 Å². The molecule has 0 aliphatic rings. The van der Waals surface area contributed by atoms with Crippen LogP contribution in [0.4, 0.5) is 11.5 Å². The van der Waals surface area contributed by atoms with Gasteiger partial charge in [0, 0.05) is 25.5 Å². The Morgan fingerprint density at radius 1 is 1.16 bits per heavy atom. The van der Waals surface area contributed by atoms with Crippen LogP contribution in [0.1, 0.15) is 18.2 Å². The largest absolute Gasteiger partial charge is 0.328 e. The van der Waals surface area contributed by atoms with E-state index in [9.17, 15) is 0 Å². The minimum absolute atomic E-state index is 0.726. The van der Waals surface area contributed by atoms with Crippen LogP contribution in [-0.4, -0.2) is 24.1 Å². The highest BCUT2D eigenvalue weighted by atomic mass is 15.2. The fraction of sp³-hybridized carbons (Fsp3) is 0.333. The van der Waals surface area contributed by atoms with Crippen molar-refractivity contribution in [2.75, 3.05) is 19.0 Å². The lowest BCUT2D eigenvalue weighted by Crippen LogP contribution is -2.14. The van der Waals surface area contributed by atoms with E-state index in [0.29, 0.717) is 0 Å². The lowest BCUT2D eigenvalue weighted by molar-refractivity contribution is 0.783. The van der Waals surface area contributed by atoms with Gasteiger partial charge in [-0.15, -0.1) is 0 Å². The Labute approximate surface area is 114 Å². The topological polar surface area (TPSA) is 41.1 Å². The smallest absolute Gasteiger partial charge is 0.151 e. The summed E-state index contributed by atoms with van der Waals surface area (Å²) in [6.07, 6.45) is 4.63. The number of benzene rings is 1. The average Bonchev–Trinajstić information content (AvgIpc) is 2.47. The van der Waals surface area contributed by atoms with Crippen LogP contribution in [-0.2, 0) is 13.0 Å². The van der Waals surface area contributed by atoms with Gasteiger partial charge < -0.3 is 10.2 Å². The molecule has 1 N–H and O–H groups in total. The molecule has 0 atom stereocenters. The maximum absolute atomic E-state index is 4.58. The molecule has 100 valence electrons. The molecule has 0 radical (unpaired) electrons. The molecule has 4 nitrogen and oxygen atoms in total. The third-order valence-electron chi connectivity index (χ3n) is 3.11. The zero-order valence-electron chi connectivity index (χ0n) is 11.7. The van der Waals surface area contributed by atoms with Crippen LogP contribution in [0.3, 0.4) is 0 Å². The quantitative estimate of drug-likeness (QED) is 0.892. The van der Waals surface area contributed by atoms with Gasteiger partial charge in [-0.05, 0) is 31.2 Å². The van der Waals surface area contributed by atoms with Crippen LogP contribution >= 0.6 is 0 Å². The molecule has 0 unspecified atom stereocenters. The minimum Gasteiger partial charge on any atom is -0.328 e. The number of aromatic nitrogens is 2. The van der Waals surface area contributed by atoms with Crippen LogP contribution in [0.2, 0.25) is 0 Å². The number of aryl methyl sites for hydroxylation is 1. The summed E-state index contributed by atoms with van der Waals surface area (Å²) in [6.45, 7) is 2.88. The van der Waals surface area contributed by atoms with Crippen LogP contribution in [0, 0.1) is 0 Å². The van der Waals surface area contributed by atoms with Gasteiger partial charge in [0.15, 0.2) is 5.82 Å². The molecule has 0 amide bonds. The van der Waals surface area contributed by atoms with E-state index in [1.54, 1.807) is 12.4 Å². The summed E-state index contributed by atoms with van der Waals surface area (Å²) in [6, 6.07) is 8.53. The molecule has 0 fully saturated rings. The highest BCUT2D eigenvalue weighted by Gasteiger charge is 2.06. The fourth-order valence-electron chi connectivity index (χ4n) is 1.91. The predicted molar refractivity (Wildman–Crippen MR) is 78.7 cm³/mol. The maximum atomic E-state index is 4.58. The number of rotatable bonds is 5. The van der Waals surface area contributed by atoms with Crippen LogP contribution in [0.25, 0.3) is 0 Å². The first-order valence-electron chi connectivity index (χ1n) is 6.52. The van der Waals surface area contributed by atoms with Gasteiger partial charge in [-0.25, -0.2) is 4.98 Å². The molecule has 0 bridgehead atoms. The molecule has 0 spiro atoms. The summed E-state index contributed by atoms with van der Waals surface area (Å²) in [5.41, 5.74) is 3.40. The summed E-state index contributed by atoms with van der Waals surface area (Å²) in [5.74, 6) is 0.858. The second-order valence-corrected chi connectivity index (χ2v) is 4.48. The van der Waals surface area contributed by atoms with Crippen molar-refractivity contribution >= 4 is 11.5 Å². The summed E-state index contributed by atoms with van der Waals surface area (Å²) < 4.78 is 0.